The Balaban J connectivity index is 2.23. The number of carbonyl (C=O) groups is 1. The van der Waals surface area contributed by atoms with Gasteiger partial charge in [-0.3, -0.25) is 19.4 Å². The summed E-state index contributed by atoms with van der Waals surface area (Å²) in [6.45, 7) is 7.30. The Labute approximate surface area is 161 Å². The maximum absolute atomic E-state index is 13.0. The SMILES string of the molecule is C=CCNC(=O)c1cc2c(=O)n3ccccc3nc2n(CCCOCC)c1=N. The van der Waals surface area contributed by atoms with Gasteiger partial charge in [0.25, 0.3) is 11.5 Å². The quantitative estimate of drug-likeness (QED) is 0.350. The van der Waals surface area contributed by atoms with E-state index in [1.165, 1.54) is 10.5 Å². The molecule has 3 aromatic rings. The smallest absolute Gasteiger partial charge is 0.267 e. The molecule has 0 bridgehead atoms. The Morgan fingerprint density at radius 3 is 3.00 bits per heavy atom. The van der Waals surface area contributed by atoms with E-state index in [2.05, 4.69) is 16.9 Å². The van der Waals surface area contributed by atoms with Crippen molar-refractivity contribution >= 4 is 22.6 Å². The molecule has 3 rings (SSSR count). The molecule has 0 aliphatic heterocycles. The molecule has 0 unspecified atom stereocenters. The molecule has 0 aromatic carbocycles. The molecular formula is C20H23N5O3. The third kappa shape index (κ3) is 3.72. The molecule has 146 valence electrons. The lowest BCUT2D eigenvalue weighted by Gasteiger charge is -2.14. The van der Waals surface area contributed by atoms with Crippen molar-refractivity contribution in [3.8, 4) is 0 Å². The van der Waals surface area contributed by atoms with E-state index >= 15 is 0 Å². The van der Waals surface area contributed by atoms with E-state index in [-0.39, 0.29) is 23.2 Å². The van der Waals surface area contributed by atoms with E-state index in [9.17, 15) is 9.59 Å². The second-order valence-corrected chi connectivity index (χ2v) is 6.19. The largest absolute Gasteiger partial charge is 0.382 e. The van der Waals surface area contributed by atoms with Crippen LogP contribution in [0.5, 0.6) is 0 Å². The van der Waals surface area contributed by atoms with Crippen molar-refractivity contribution in [2.45, 2.75) is 19.9 Å². The van der Waals surface area contributed by atoms with Crippen LogP contribution in [-0.2, 0) is 11.3 Å². The number of pyridine rings is 2. The van der Waals surface area contributed by atoms with Gasteiger partial charge in [0, 0.05) is 32.5 Å². The summed E-state index contributed by atoms with van der Waals surface area (Å²) in [6.07, 6.45) is 3.82. The maximum atomic E-state index is 13.0. The van der Waals surface area contributed by atoms with Gasteiger partial charge in [-0.05, 0) is 31.5 Å². The highest BCUT2D eigenvalue weighted by Crippen LogP contribution is 2.11. The molecule has 8 nitrogen and oxygen atoms in total. The number of nitrogens with zero attached hydrogens (tertiary/aromatic N) is 3. The predicted octanol–water partition coefficient (Wildman–Crippen LogP) is 1.47. The molecule has 8 heteroatoms. The lowest BCUT2D eigenvalue weighted by Crippen LogP contribution is -2.35. The second kappa shape index (κ2) is 8.62. The van der Waals surface area contributed by atoms with Crippen molar-refractivity contribution in [2.24, 2.45) is 0 Å². The Hall–Kier alpha value is -3.26. The zero-order valence-electron chi connectivity index (χ0n) is 15.8. The highest BCUT2D eigenvalue weighted by Gasteiger charge is 2.17. The summed E-state index contributed by atoms with van der Waals surface area (Å²) in [5, 5.41) is 11.5. The lowest BCUT2D eigenvalue weighted by molar-refractivity contribution is 0.0955. The van der Waals surface area contributed by atoms with Crippen LogP contribution in [0.3, 0.4) is 0 Å². The average Bonchev–Trinajstić information content (AvgIpc) is 2.71. The van der Waals surface area contributed by atoms with Crippen molar-refractivity contribution < 1.29 is 9.53 Å². The minimum atomic E-state index is -0.428. The first-order valence-electron chi connectivity index (χ1n) is 9.14. The van der Waals surface area contributed by atoms with E-state index in [4.69, 9.17) is 10.1 Å². The molecule has 0 aliphatic rings. The molecule has 1 amide bonds. The van der Waals surface area contributed by atoms with Gasteiger partial charge in [-0.25, -0.2) is 4.98 Å². The first-order chi connectivity index (χ1) is 13.6. The molecule has 3 aromatic heterocycles. The Bertz CT molecular complexity index is 1150. The highest BCUT2D eigenvalue weighted by atomic mass is 16.5. The number of rotatable bonds is 8. The van der Waals surface area contributed by atoms with Crippen LogP contribution in [0.1, 0.15) is 23.7 Å². The van der Waals surface area contributed by atoms with Crippen LogP contribution in [0.2, 0.25) is 0 Å². The van der Waals surface area contributed by atoms with Gasteiger partial charge in [-0.2, -0.15) is 0 Å². The van der Waals surface area contributed by atoms with E-state index in [1.54, 1.807) is 35.0 Å². The predicted molar refractivity (Wildman–Crippen MR) is 106 cm³/mol. The molecule has 0 radical (unpaired) electrons. The van der Waals surface area contributed by atoms with Gasteiger partial charge in [0.05, 0.1) is 10.9 Å². The van der Waals surface area contributed by atoms with E-state index < -0.39 is 5.91 Å². The fourth-order valence-electron chi connectivity index (χ4n) is 3.01. The lowest BCUT2D eigenvalue weighted by atomic mass is 10.2. The van der Waals surface area contributed by atoms with Gasteiger partial charge in [0.15, 0.2) is 0 Å². The number of hydrogen-bond donors (Lipinski definition) is 2. The second-order valence-electron chi connectivity index (χ2n) is 6.19. The molecule has 3 heterocycles. The Morgan fingerprint density at radius 1 is 1.43 bits per heavy atom. The third-order valence-electron chi connectivity index (χ3n) is 4.34. The first-order valence-corrected chi connectivity index (χ1v) is 9.14. The molecule has 0 atom stereocenters. The van der Waals surface area contributed by atoms with Gasteiger partial charge in [0.1, 0.15) is 16.8 Å². The monoisotopic (exact) mass is 381 g/mol. The van der Waals surface area contributed by atoms with Crippen molar-refractivity contribution in [3.63, 3.8) is 0 Å². The van der Waals surface area contributed by atoms with Gasteiger partial charge in [0.2, 0.25) is 0 Å². The molecular weight excluding hydrogens is 358 g/mol. The van der Waals surface area contributed by atoms with Gasteiger partial charge < -0.3 is 14.6 Å². The topological polar surface area (TPSA) is 101 Å². The van der Waals surface area contributed by atoms with Crippen molar-refractivity contribution in [2.75, 3.05) is 19.8 Å². The van der Waals surface area contributed by atoms with Crippen LogP contribution >= 0.6 is 0 Å². The van der Waals surface area contributed by atoms with Crippen LogP contribution in [0.4, 0.5) is 0 Å². The van der Waals surface area contributed by atoms with E-state index in [0.29, 0.717) is 42.9 Å². The summed E-state index contributed by atoms with van der Waals surface area (Å²) < 4.78 is 8.42. The molecule has 2 N–H and O–H groups in total. The number of fused-ring (bicyclic) bond motifs is 2. The fourth-order valence-corrected chi connectivity index (χ4v) is 3.01. The third-order valence-corrected chi connectivity index (χ3v) is 4.34. The number of aromatic nitrogens is 3. The van der Waals surface area contributed by atoms with Crippen molar-refractivity contribution in [1.29, 1.82) is 5.41 Å². The summed E-state index contributed by atoms with van der Waals surface area (Å²) in [5.74, 6) is -0.428. The molecule has 0 aliphatic carbocycles. The zero-order chi connectivity index (χ0) is 20.1. The standard InChI is InChI=1S/C20H23N5O3/c1-3-9-22-19(26)14-13-15-18(25(17(14)21)11-7-12-28-4-2)23-16-8-5-6-10-24(16)20(15)27/h3,5-6,8,10,13,21H,1,4,7,9,11-12H2,2H3,(H,22,26). The number of aryl methyl sites for hydroxylation is 1. The Morgan fingerprint density at radius 2 is 2.25 bits per heavy atom. The van der Waals surface area contributed by atoms with E-state index in [0.717, 1.165) is 0 Å². The van der Waals surface area contributed by atoms with Crippen LogP contribution in [0.15, 0.2) is 47.9 Å². The summed E-state index contributed by atoms with van der Waals surface area (Å²) >= 11 is 0. The maximum Gasteiger partial charge on any atom is 0.267 e. The van der Waals surface area contributed by atoms with Crippen LogP contribution in [-0.4, -0.2) is 39.6 Å². The summed E-state index contributed by atoms with van der Waals surface area (Å²) in [6, 6.07) is 6.73. The minimum absolute atomic E-state index is 0.0118. The van der Waals surface area contributed by atoms with Gasteiger partial charge >= 0.3 is 0 Å². The molecule has 0 fully saturated rings. The summed E-state index contributed by atoms with van der Waals surface area (Å²) in [7, 11) is 0. The van der Waals surface area contributed by atoms with Gasteiger partial charge in [-0.1, -0.05) is 12.1 Å². The number of nitrogens with one attached hydrogen (secondary N) is 2. The Kier molecular flexibility index (Phi) is 6.00. The van der Waals surface area contributed by atoms with Crippen molar-refractivity contribution in [1.82, 2.24) is 19.3 Å². The average molecular weight is 381 g/mol. The number of hydrogen-bond acceptors (Lipinski definition) is 5. The van der Waals surface area contributed by atoms with Crippen LogP contribution in [0, 0.1) is 5.41 Å². The molecule has 0 saturated carbocycles. The summed E-state index contributed by atoms with van der Waals surface area (Å²) in [5.41, 5.74) is 0.731. The molecule has 0 spiro atoms. The van der Waals surface area contributed by atoms with Crippen LogP contribution in [0.25, 0.3) is 16.7 Å². The van der Waals surface area contributed by atoms with Crippen molar-refractivity contribution in [3.05, 3.63) is 64.5 Å². The molecule has 0 saturated heterocycles. The highest BCUT2D eigenvalue weighted by molar-refractivity contribution is 5.96. The zero-order valence-corrected chi connectivity index (χ0v) is 15.8. The number of carbonyl (C=O) groups excluding carboxylic acids is 1. The molecule has 28 heavy (non-hydrogen) atoms. The first kappa shape index (κ1) is 19.5. The number of amides is 1. The number of ether oxygens (including phenoxy) is 1. The van der Waals surface area contributed by atoms with Crippen LogP contribution < -0.4 is 16.4 Å². The minimum Gasteiger partial charge on any atom is -0.382 e. The summed E-state index contributed by atoms with van der Waals surface area (Å²) in [4.78, 5) is 30.1. The van der Waals surface area contributed by atoms with Gasteiger partial charge in [-0.15, -0.1) is 6.58 Å². The normalized spacial score (nSPS) is 11.0. The fraction of sp³-hybridized carbons (Fsp3) is 0.300. The van der Waals surface area contributed by atoms with E-state index in [1.807, 2.05) is 6.92 Å².